The van der Waals surface area contributed by atoms with E-state index in [2.05, 4.69) is 19.9 Å². The number of carbonyl (C=O) groups excluding carboxylic acids is 1. The minimum atomic E-state index is -0.0547. The van der Waals surface area contributed by atoms with E-state index in [1.165, 1.54) is 11.8 Å². The largest absolute Gasteiger partial charge is 0.490 e. The van der Waals surface area contributed by atoms with E-state index < -0.39 is 0 Å². The number of aliphatic imine (C=N–C) groups is 1. The molecule has 0 atom stereocenters. The normalized spacial score (nSPS) is 15.4. The lowest BCUT2D eigenvalue weighted by Gasteiger charge is -2.17. The second kappa shape index (κ2) is 12.5. The van der Waals surface area contributed by atoms with Crippen LogP contribution in [0.4, 0.5) is 5.69 Å². The van der Waals surface area contributed by atoms with Gasteiger partial charge in [-0.1, -0.05) is 55.8 Å². The molecule has 0 saturated carbocycles. The third-order valence-corrected chi connectivity index (χ3v) is 6.79. The Kier molecular flexibility index (Phi) is 8.88. The fourth-order valence-electron chi connectivity index (χ4n) is 3.91. The molecule has 0 aliphatic carbocycles. The van der Waals surface area contributed by atoms with Crippen LogP contribution in [0, 0.1) is 24.2 Å². The molecule has 7 heteroatoms. The Morgan fingerprint density at radius 3 is 2.53 bits per heavy atom. The van der Waals surface area contributed by atoms with Crippen LogP contribution in [0.1, 0.15) is 43.0 Å². The molecule has 1 heterocycles. The predicted octanol–water partition coefficient (Wildman–Crippen LogP) is 7.10. The van der Waals surface area contributed by atoms with E-state index >= 15 is 0 Å². The molecule has 1 aliphatic rings. The molecular weight excluding hydrogens is 494 g/mol. The minimum Gasteiger partial charge on any atom is -0.490 e. The molecule has 0 bridgehead atoms. The van der Waals surface area contributed by atoms with Crippen LogP contribution in [-0.2, 0) is 11.4 Å². The van der Waals surface area contributed by atoms with Gasteiger partial charge in [-0.15, -0.1) is 0 Å². The number of aryl methyl sites for hydroxylation is 1. The Balaban J connectivity index is 1.59. The molecule has 3 aromatic carbocycles. The van der Waals surface area contributed by atoms with Gasteiger partial charge in [0, 0.05) is 12.1 Å². The van der Waals surface area contributed by atoms with Crippen LogP contribution in [0.15, 0.2) is 76.6 Å². The number of benzene rings is 3. The fourth-order valence-corrected chi connectivity index (χ4v) is 4.92. The van der Waals surface area contributed by atoms with E-state index in [9.17, 15) is 10.1 Å². The molecule has 1 fully saturated rings. The molecule has 1 aliphatic heterocycles. The third-order valence-electron chi connectivity index (χ3n) is 5.78. The zero-order valence-corrected chi connectivity index (χ0v) is 22.9. The number of hydrogen-bond donors (Lipinski definition) is 0. The molecule has 4 rings (SSSR count). The number of nitriles is 1. The number of hydrogen-bond acceptors (Lipinski definition) is 6. The van der Waals surface area contributed by atoms with Gasteiger partial charge >= 0.3 is 0 Å². The zero-order chi connectivity index (χ0) is 27.1. The molecule has 0 radical (unpaired) electrons. The van der Waals surface area contributed by atoms with Crippen molar-refractivity contribution in [3.63, 3.8) is 0 Å². The monoisotopic (exact) mass is 525 g/mol. The molecule has 38 heavy (non-hydrogen) atoms. The molecular formula is C31H31N3O3S. The molecule has 6 nitrogen and oxygen atoms in total. The maximum atomic E-state index is 13.4. The Morgan fingerprint density at radius 1 is 1.05 bits per heavy atom. The summed E-state index contributed by atoms with van der Waals surface area (Å²) in [7, 11) is 0. The van der Waals surface area contributed by atoms with Crippen molar-refractivity contribution in [2.75, 3.05) is 13.2 Å². The van der Waals surface area contributed by atoms with E-state index in [4.69, 9.17) is 14.5 Å². The van der Waals surface area contributed by atoms with Gasteiger partial charge in [0.15, 0.2) is 16.7 Å². The molecule has 0 aromatic heterocycles. The summed E-state index contributed by atoms with van der Waals surface area (Å²) >= 11 is 1.38. The number of amidine groups is 1. The number of rotatable bonds is 9. The minimum absolute atomic E-state index is 0.0547. The van der Waals surface area contributed by atoms with Crippen LogP contribution in [-0.4, -0.2) is 29.1 Å². The summed E-state index contributed by atoms with van der Waals surface area (Å²) in [5.74, 6) is 1.41. The fraction of sp³-hybridized carbons (Fsp3) is 0.258. The summed E-state index contributed by atoms with van der Waals surface area (Å²) in [4.78, 5) is 20.5. The number of nitrogens with zero attached hydrogens (tertiary/aromatic N) is 3. The van der Waals surface area contributed by atoms with Crippen LogP contribution in [0.5, 0.6) is 11.5 Å². The first-order chi connectivity index (χ1) is 18.4. The van der Waals surface area contributed by atoms with Gasteiger partial charge < -0.3 is 9.47 Å². The molecule has 0 N–H and O–H groups in total. The number of amides is 1. The molecule has 3 aromatic rings. The van der Waals surface area contributed by atoms with Gasteiger partial charge in [0.05, 0.1) is 28.8 Å². The summed E-state index contributed by atoms with van der Waals surface area (Å²) in [6.07, 6.45) is 1.87. The van der Waals surface area contributed by atoms with Crippen LogP contribution in [0.3, 0.4) is 0 Å². The summed E-state index contributed by atoms with van der Waals surface area (Å²) in [5, 5.41) is 10.0. The first-order valence-electron chi connectivity index (χ1n) is 12.6. The topological polar surface area (TPSA) is 74.9 Å². The number of carbonyl (C=O) groups is 1. The van der Waals surface area contributed by atoms with Gasteiger partial charge in [0.25, 0.3) is 5.91 Å². The maximum Gasteiger partial charge on any atom is 0.266 e. The van der Waals surface area contributed by atoms with Gasteiger partial charge in [-0.3, -0.25) is 9.69 Å². The summed E-state index contributed by atoms with van der Waals surface area (Å²) in [6, 6.07) is 23.1. The number of ether oxygens (including phenoxy) is 2. The highest BCUT2D eigenvalue weighted by atomic mass is 32.2. The lowest BCUT2D eigenvalue weighted by Crippen LogP contribution is -2.32. The van der Waals surface area contributed by atoms with E-state index in [0.717, 1.165) is 22.4 Å². The highest BCUT2D eigenvalue weighted by Gasteiger charge is 2.33. The van der Waals surface area contributed by atoms with Crippen molar-refractivity contribution >= 4 is 34.6 Å². The maximum absolute atomic E-state index is 13.4. The Hall–Kier alpha value is -4.02. The standard InChI is InChI=1S/C31H31N3O3S/c1-5-36-28-16-23(12-15-27(28)37-20-25-9-7-6-8-24(25)18-32)17-29-30(35)34(19-21(2)3)31(38-29)33-26-13-10-22(4)11-14-26/h6-17,21H,5,19-20H2,1-4H3/b29-17+,33-31?. The van der Waals surface area contributed by atoms with Crippen molar-refractivity contribution in [2.24, 2.45) is 10.9 Å². The average molecular weight is 526 g/mol. The summed E-state index contributed by atoms with van der Waals surface area (Å²) in [5.41, 5.74) is 4.20. The highest BCUT2D eigenvalue weighted by Crippen LogP contribution is 2.36. The van der Waals surface area contributed by atoms with Crippen molar-refractivity contribution in [1.82, 2.24) is 4.90 Å². The molecule has 0 spiro atoms. The lowest BCUT2D eigenvalue weighted by molar-refractivity contribution is -0.122. The summed E-state index contributed by atoms with van der Waals surface area (Å²) < 4.78 is 11.9. The van der Waals surface area contributed by atoms with Gasteiger partial charge in [0.1, 0.15) is 6.61 Å². The third kappa shape index (κ3) is 6.64. The van der Waals surface area contributed by atoms with Crippen molar-refractivity contribution in [3.05, 3.63) is 93.9 Å². The predicted molar refractivity (Wildman–Crippen MR) is 153 cm³/mol. The lowest BCUT2D eigenvalue weighted by atomic mass is 10.1. The van der Waals surface area contributed by atoms with Crippen LogP contribution >= 0.6 is 11.8 Å². The number of thioether (sulfide) groups is 1. The van der Waals surface area contributed by atoms with Crippen LogP contribution < -0.4 is 9.47 Å². The van der Waals surface area contributed by atoms with Crippen LogP contribution in [0.2, 0.25) is 0 Å². The first kappa shape index (κ1) is 27.0. The Bertz CT molecular complexity index is 1400. The van der Waals surface area contributed by atoms with Gasteiger partial charge in [0.2, 0.25) is 0 Å². The van der Waals surface area contributed by atoms with E-state index in [1.54, 1.807) is 11.0 Å². The van der Waals surface area contributed by atoms with E-state index in [-0.39, 0.29) is 12.5 Å². The smallest absolute Gasteiger partial charge is 0.266 e. The Morgan fingerprint density at radius 2 is 1.82 bits per heavy atom. The second-order valence-corrected chi connectivity index (χ2v) is 10.4. The first-order valence-corrected chi connectivity index (χ1v) is 13.4. The van der Waals surface area contributed by atoms with Crippen molar-refractivity contribution < 1.29 is 14.3 Å². The van der Waals surface area contributed by atoms with E-state index in [1.807, 2.05) is 80.6 Å². The van der Waals surface area contributed by atoms with E-state index in [0.29, 0.717) is 46.2 Å². The average Bonchev–Trinajstić information content (AvgIpc) is 3.18. The van der Waals surface area contributed by atoms with Gasteiger partial charge in [-0.05, 0) is 73.5 Å². The second-order valence-electron chi connectivity index (χ2n) is 9.35. The Labute approximate surface area is 228 Å². The highest BCUT2D eigenvalue weighted by molar-refractivity contribution is 8.18. The van der Waals surface area contributed by atoms with Gasteiger partial charge in [-0.2, -0.15) is 5.26 Å². The molecule has 1 saturated heterocycles. The molecule has 0 unspecified atom stereocenters. The summed E-state index contributed by atoms with van der Waals surface area (Å²) in [6.45, 7) is 9.43. The zero-order valence-electron chi connectivity index (χ0n) is 22.1. The van der Waals surface area contributed by atoms with Crippen molar-refractivity contribution in [2.45, 2.75) is 34.3 Å². The van der Waals surface area contributed by atoms with Crippen molar-refractivity contribution in [3.8, 4) is 17.6 Å². The van der Waals surface area contributed by atoms with Crippen LogP contribution in [0.25, 0.3) is 6.08 Å². The molecule has 1 amide bonds. The quantitative estimate of drug-likeness (QED) is 0.279. The van der Waals surface area contributed by atoms with Gasteiger partial charge in [-0.25, -0.2) is 4.99 Å². The van der Waals surface area contributed by atoms with Crippen molar-refractivity contribution in [1.29, 1.82) is 5.26 Å². The SMILES string of the molecule is CCOc1cc(/C=C2/SC(=Nc3ccc(C)cc3)N(CC(C)C)C2=O)ccc1OCc1ccccc1C#N. The molecule has 194 valence electrons.